The summed E-state index contributed by atoms with van der Waals surface area (Å²) in [5.74, 6) is 0.639. The predicted molar refractivity (Wildman–Crippen MR) is 68.9 cm³/mol. The maximum Gasteiger partial charge on any atom is 0.175 e. The van der Waals surface area contributed by atoms with E-state index in [-0.39, 0.29) is 0 Å². The maximum absolute atomic E-state index is 6.03. The first-order chi connectivity index (χ1) is 8.20. The second-order valence-corrected chi connectivity index (χ2v) is 4.97. The highest BCUT2D eigenvalue weighted by Crippen LogP contribution is 2.29. The molecule has 6 heteroatoms. The summed E-state index contributed by atoms with van der Waals surface area (Å²) in [6.45, 7) is 2.74. The molecule has 1 aromatic rings. The third kappa shape index (κ3) is 3.21. The van der Waals surface area contributed by atoms with E-state index in [1.807, 2.05) is 0 Å². The number of methoxy groups -OCH3 is 1. The summed E-state index contributed by atoms with van der Waals surface area (Å²) in [5.41, 5.74) is 0.877. The van der Waals surface area contributed by atoms with Crippen LogP contribution in [0.4, 0.5) is 5.69 Å². The number of aromatic nitrogens is 2. The molecule has 0 N–H and O–H groups in total. The molecule has 1 fully saturated rings. The van der Waals surface area contributed by atoms with E-state index in [0.29, 0.717) is 16.2 Å². The minimum atomic E-state index is 0.378. The van der Waals surface area contributed by atoms with Gasteiger partial charge in [0.15, 0.2) is 10.3 Å². The number of ether oxygens (including phenoxy) is 1. The van der Waals surface area contributed by atoms with Crippen molar-refractivity contribution in [1.29, 1.82) is 0 Å². The molecule has 1 aromatic heterocycles. The van der Waals surface area contributed by atoms with Crippen LogP contribution in [0.1, 0.15) is 12.8 Å². The largest absolute Gasteiger partial charge is 0.384 e. The van der Waals surface area contributed by atoms with Crippen molar-refractivity contribution in [1.82, 2.24) is 10.2 Å². The summed E-state index contributed by atoms with van der Waals surface area (Å²) < 4.78 is 5.18. The smallest absolute Gasteiger partial charge is 0.175 e. The molecule has 0 bridgehead atoms. The van der Waals surface area contributed by atoms with Crippen molar-refractivity contribution in [3.63, 3.8) is 0 Å². The van der Waals surface area contributed by atoms with Crippen LogP contribution in [0, 0.1) is 5.92 Å². The second-order valence-electron chi connectivity index (χ2n) is 4.23. The van der Waals surface area contributed by atoms with Crippen molar-refractivity contribution in [3.8, 4) is 0 Å². The van der Waals surface area contributed by atoms with E-state index in [2.05, 4.69) is 15.1 Å². The first kappa shape index (κ1) is 12.9. The van der Waals surface area contributed by atoms with Crippen LogP contribution in [0.3, 0.4) is 0 Å². The van der Waals surface area contributed by atoms with Crippen LogP contribution in [0.15, 0.2) is 6.07 Å². The van der Waals surface area contributed by atoms with Gasteiger partial charge >= 0.3 is 0 Å². The van der Waals surface area contributed by atoms with Gasteiger partial charge in [0.2, 0.25) is 0 Å². The molecule has 0 radical (unpaired) electrons. The topological polar surface area (TPSA) is 38.2 Å². The van der Waals surface area contributed by atoms with Crippen molar-refractivity contribution in [2.45, 2.75) is 12.8 Å². The van der Waals surface area contributed by atoms with Gasteiger partial charge in [0.25, 0.3) is 0 Å². The molecule has 1 aliphatic heterocycles. The Morgan fingerprint density at radius 3 is 2.71 bits per heavy atom. The van der Waals surface area contributed by atoms with Gasteiger partial charge in [0.05, 0.1) is 5.69 Å². The van der Waals surface area contributed by atoms with E-state index >= 15 is 0 Å². The minimum absolute atomic E-state index is 0.378. The molecule has 1 saturated heterocycles. The van der Waals surface area contributed by atoms with Crippen LogP contribution in [0.2, 0.25) is 10.3 Å². The van der Waals surface area contributed by atoms with Crippen LogP contribution in [0.25, 0.3) is 0 Å². The van der Waals surface area contributed by atoms with Gasteiger partial charge in [0, 0.05) is 32.9 Å². The number of halogens is 2. The molecule has 94 valence electrons. The monoisotopic (exact) mass is 275 g/mol. The van der Waals surface area contributed by atoms with Crippen molar-refractivity contribution < 1.29 is 4.74 Å². The Morgan fingerprint density at radius 1 is 1.35 bits per heavy atom. The molecular weight excluding hydrogens is 261 g/mol. The van der Waals surface area contributed by atoms with Gasteiger partial charge in [-0.15, -0.1) is 10.2 Å². The zero-order valence-electron chi connectivity index (χ0n) is 9.70. The first-order valence-electron chi connectivity index (χ1n) is 5.63. The molecule has 0 atom stereocenters. The highest BCUT2D eigenvalue weighted by atomic mass is 35.5. The van der Waals surface area contributed by atoms with E-state index in [4.69, 9.17) is 27.9 Å². The summed E-state index contributed by atoms with van der Waals surface area (Å²) >= 11 is 11.9. The quantitative estimate of drug-likeness (QED) is 0.850. The highest BCUT2D eigenvalue weighted by Gasteiger charge is 2.21. The predicted octanol–water partition coefficient (Wildman–Crippen LogP) is 2.65. The zero-order chi connectivity index (χ0) is 12.3. The zero-order valence-corrected chi connectivity index (χ0v) is 11.2. The molecule has 17 heavy (non-hydrogen) atoms. The third-order valence-corrected chi connectivity index (χ3v) is 3.51. The first-order valence-corrected chi connectivity index (χ1v) is 6.39. The van der Waals surface area contributed by atoms with Gasteiger partial charge < -0.3 is 9.64 Å². The highest BCUT2D eigenvalue weighted by molar-refractivity contribution is 6.33. The Morgan fingerprint density at radius 2 is 2.06 bits per heavy atom. The number of rotatable bonds is 3. The van der Waals surface area contributed by atoms with E-state index in [1.54, 1.807) is 13.2 Å². The minimum Gasteiger partial charge on any atom is -0.384 e. The van der Waals surface area contributed by atoms with E-state index in [1.165, 1.54) is 0 Å². The molecule has 1 aliphatic rings. The molecular formula is C11H15Cl2N3O. The lowest BCUT2D eigenvalue weighted by molar-refractivity contribution is 0.139. The molecule has 2 rings (SSSR count). The average molecular weight is 276 g/mol. The lowest BCUT2D eigenvalue weighted by atomic mass is 9.97. The summed E-state index contributed by atoms with van der Waals surface area (Å²) in [4.78, 5) is 2.20. The van der Waals surface area contributed by atoms with Crippen LogP contribution in [-0.2, 0) is 4.74 Å². The van der Waals surface area contributed by atoms with Crippen LogP contribution < -0.4 is 4.90 Å². The standard InChI is InChI=1S/C11H15Cl2N3O/c1-17-7-8-2-4-16(5-3-8)9-6-10(12)14-15-11(9)13/h6,8H,2-5,7H2,1H3. The lowest BCUT2D eigenvalue weighted by Crippen LogP contribution is -2.35. The average Bonchev–Trinajstić information content (AvgIpc) is 2.34. The number of hydrogen-bond acceptors (Lipinski definition) is 4. The van der Waals surface area contributed by atoms with Crippen molar-refractivity contribution >= 4 is 28.9 Å². The van der Waals surface area contributed by atoms with E-state index in [9.17, 15) is 0 Å². The Hall–Kier alpha value is -0.580. The van der Waals surface area contributed by atoms with E-state index < -0.39 is 0 Å². The van der Waals surface area contributed by atoms with Gasteiger partial charge in [-0.05, 0) is 18.8 Å². The normalized spacial score (nSPS) is 17.5. The summed E-state index contributed by atoms with van der Waals surface area (Å²) in [5, 5.41) is 8.34. The van der Waals surface area contributed by atoms with Gasteiger partial charge in [0.1, 0.15) is 0 Å². The number of hydrogen-bond donors (Lipinski definition) is 0. The fourth-order valence-electron chi connectivity index (χ4n) is 2.14. The van der Waals surface area contributed by atoms with Gasteiger partial charge in [-0.1, -0.05) is 23.2 Å². The summed E-state index contributed by atoms with van der Waals surface area (Å²) in [6.07, 6.45) is 2.20. The summed E-state index contributed by atoms with van der Waals surface area (Å²) in [6, 6.07) is 1.77. The molecule has 0 aromatic carbocycles. The maximum atomic E-state index is 6.03. The Labute approximate surface area is 111 Å². The number of nitrogens with zero attached hydrogens (tertiary/aromatic N) is 3. The lowest BCUT2D eigenvalue weighted by Gasteiger charge is -2.33. The van der Waals surface area contributed by atoms with Gasteiger partial charge in [-0.25, -0.2) is 0 Å². The molecule has 0 amide bonds. The van der Waals surface area contributed by atoms with E-state index in [0.717, 1.165) is 38.2 Å². The Kier molecular flexibility index (Phi) is 4.42. The number of anilines is 1. The third-order valence-electron chi connectivity index (χ3n) is 3.06. The van der Waals surface area contributed by atoms with Crippen LogP contribution in [-0.4, -0.2) is 37.0 Å². The Balaban J connectivity index is 2.02. The fraction of sp³-hybridized carbons (Fsp3) is 0.636. The van der Waals surface area contributed by atoms with Gasteiger partial charge in [-0.2, -0.15) is 0 Å². The number of piperidine rings is 1. The Bertz CT molecular complexity index is 381. The molecule has 0 unspecified atom stereocenters. The van der Waals surface area contributed by atoms with Crippen molar-refractivity contribution in [2.75, 3.05) is 31.7 Å². The fourth-order valence-corrected chi connectivity index (χ4v) is 2.50. The molecule has 4 nitrogen and oxygen atoms in total. The van der Waals surface area contributed by atoms with Crippen molar-refractivity contribution in [3.05, 3.63) is 16.4 Å². The second kappa shape index (κ2) is 5.85. The molecule has 0 aliphatic carbocycles. The molecule has 2 heterocycles. The molecule has 0 saturated carbocycles. The van der Waals surface area contributed by atoms with Gasteiger partial charge in [-0.3, -0.25) is 0 Å². The van der Waals surface area contributed by atoms with Crippen molar-refractivity contribution in [2.24, 2.45) is 5.92 Å². The summed E-state index contributed by atoms with van der Waals surface area (Å²) in [7, 11) is 1.75. The van der Waals surface area contributed by atoms with Crippen LogP contribution in [0.5, 0.6) is 0 Å². The molecule has 0 spiro atoms. The van der Waals surface area contributed by atoms with Crippen LogP contribution >= 0.6 is 23.2 Å². The SMILES string of the molecule is COCC1CCN(c2cc(Cl)nnc2Cl)CC1.